The summed E-state index contributed by atoms with van der Waals surface area (Å²) in [6.07, 6.45) is 3.42. The molecule has 0 saturated heterocycles. The van der Waals surface area contributed by atoms with Gasteiger partial charge in [0.05, 0.1) is 9.95 Å². The molecular formula is C9H8ClN3O3. The lowest BCUT2D eigenvalue weighted by atomic mass is 10.3. The van der Waals surface area contributed by atoms with Crippen LogP contribution in [0.2, 0.25) is 5.02 Å². The molecule has 84 valence electrons. The molecule has 0 aliphatic rings. The molecular weight excluding hydrogens is 234 g/mol. The van der Waals surface area contributed by atoms with Gasteiger partial charge < -0.3 is 5.32 Å². The molecule has 1 aromatic rings. The Morgan fingerprint density at radius 1 is 1.69 bits per heavy atom. The first-order chi connectivity index (χ1) is 7.49. The number of nitrogens with one attached hydrogen (secondary N) is 1. The van der Waals surface area contributed by atoms with Gasteiger partial charge in [0.15, 0.2) is 5.82 Å². The molecule has 0 bridgehead atoms. The Bertz CT molecular complexity index is 459. The minimum absolute atomic E-state index is 0.223. The van der Waals surface area contributed by atoms with Gasteiger partial charge in [0.25, 0.3) is 0 Å². The maximum Gasteiger partial charge on any atom is 0.235 e. The van der Waals surface area contributed by atoms with Gasteiger partial charge in [0.1, 0.15) is 0 Å². The van der Waals surface area contributed by atoms with Crippen LogP contribution < -0.4 is 5.32 Å². The van der Waals surface area contributed by atoms with Crippen LogP contribution in [0.5, 0.6) is 0 Å². The van der Waals surface area contributed by atoms with E-state index in [9.17, 15) is 14.9 Å². The fourth-order valence-electron chi connectivity index (χ4n) is 0.949. The molecule has 0 atom stereocenters. The predicted molar refractivity (Wildman–Crippen MR) is 59.6 cm³/mol. The van der Waals surface area contributed by atoms with Crippen LogP contribution in [-0.2, 0) is 4.79 Å². The summed E-state index contributed by atoms with van der Waals surface area (Å²) in [6.45, 7) is 1.33. The van der Waals surface area contributed by atoms with Crippen LogP contribution in [0.25, 0.3) is 6.08 Å². The number of aromatic nitrogens is 1. The Hall–Kier alpha value is -1.95. The Kier molecular flexibility index (Phi) is 3.96. The number of anilines is 1. The van der Waals surface area contributed by atoms with Gasteiger partial charge in [-0.1, -0.05) is 11.6 Å². The first-order valence-electron chi connectivity index (χ1n) is 4.24. The van der Waals surface area contributed by atoms with Gasteiger partial charge in [-0.05, 0) is 6.07 Å². The topological polar surface area (TPSA) is 85.1 Å². The zero-order valence-electron chi connectivity index (χ0n) is 8.31. The standard InChI is InChI=1S/C9H8ClN3O3/c1-6(14)12-9-8(10)4-7(5-11-9)2-3-13(15)16/h2-5H,1H3,(H,11,12,14)/b3-2+. The molecule has 0 aliphatic carbocycles. The minimum Gasteiger partial charge on any atom is -0.310 e. The van der Waals surface area contributed by atoms with E-state index in [0.717, 1.165) is 6.20 Å². The van der Waals surface area contributed by atoms with E-state index in [2.05, 4.69) is 10.3 Å². The van der Waals surface area contributed by atoms with E-state index in [0.29, 0.717) is 5.56 Å². The van der Waals surface area contributed by atoms with Crippen molar-refractivity contribution in [1.29, 1.82) is 0 Å². The number of carbonyl (C=O) groups excluding carboxylic acids is 1. The number of nitro groups is 1. The molecule has 0 saturated carbocycles. The zero-order chi connectivity index (χ0) is 12.1. The highest BCUT2D eigenvalue weighted by atomic mass is 35.5. The van der Waals surface area contributed by atoms with Crippen LogP contribution in [-0.4, -0.2) is 15.8 Å². The molecule has 1 heterocycles. The van der Waals surface area contributed by atoms with Crippen LogP contribution in [0.1, 0.15) is 12.5 Å². The molecule has 0 aliphatic heterocycles. The highest BCUT2D eigenvalue weighted by Gasteiger charge is 2.04. The summed E-state index contributed by atoms with van der Waals surface area (Å²) in [5.74, 6) is -0.0598. The van der Waals surface area contributed by atoms with Gasteiger partial charge in [-0.2, -0.15) is 0 Å². The molecule has 0 spiro atoms. The number of nitrogens with zero attached hydrogens (tertiary/aromatic N) is 2. The lowest BCUT2D eigenvalue weighted by Crippen LogP contribution is -2.07. The van der Waals surface area contributed by atoms with Crippen molar-refractivity contribution in [3.8, 4) is 0 Å². The van der Waals surface area contributed by atoms with E-state index in [1.165, 1.54) is 25.3 Å². The fourth-order valence-corrected chi connectivity index (χ4v) is 1.17. The number of hydrogen-bond acceptors (Lipinski definition) is 4. The van der Waals surface area contributed by atoms with E-state index >= 15 is 0 Å². The second-order valence-corrected chi connectivity index (χ2v) is 3.29. The van der Waals surface area contributed by atoms with E-state index < -0.39 is 4.92 Å². The van der Waals surface area contributed by atoms with Crippen LogP contribution in [0.15, 0.2) is 18.5 Å². The average molecular weight is 242 g/mol. The van der Waals surface area contributed by atoms with Gasteiger partial charge in [-0.15, -0.1) is 0 Å². The van der Waals surface area contributed by atoms with Crippen molar-refractivity contribution >= 4 is 29.4 Å². The fraction of sp³-hybridized carbons (Fsp3) is 0.111. The number of pyridine rings is 1. The van der Waals surface area contributed by atoms with Crippen LogP contribution >= 0.6 is 11.6 Å². The summed E-state index contributed by atoms with van der Waals surface area (Å²) in [4.78, 5) is 24.1. The largest absolute Gasteiger partial charge is 0.310 e. The highest BCUT2D eigenvalue weighted by molar-refractivity contribution is 6.33. The summed E-state index contributed by atoms with van der Waals surface area (Å²) >= 11 is 5.81. The minimum atomic E-state index is -0.588. The summed E-state index contributed by atoms with van der Waals surface area (Å²) in [5, 5.41) is 12.7. The monoisotopic (exact) mass is 241 g/mol. The first-order valence-corrected chi connectivity index (χ1v) is 4.61. The van der Waals surface area contributed by atoms with Crippen molar-refractivity contribution in [2.45, 2.75) is 6.92 Å². The first kappa shape index (κ1) is 12.1. The van der Waals surface area contributed by atoms with Crippen molar-refractivity contribution in [3.05, 3.63) is 39.2 Å². The van der Waals surface area contributed by atoms with Gasteiger partial charge >= 0.3 is 0 Å². The van der Waals surface area contributed by atoms with Crippen molar-refractivity contribution in [2.24, 2.45) is 0 Å². The van der Waals surface area contributed by atoms with Gasteiger partial charge in [-0.25, -0.2) is 4.98 Å². The van der Waals surface area contributed by atoms with Crippen molar-refractivity contribution in [1.82, 2.24) is 4.98 Å². The lowest BCUT2D eigenvalue weighted by molar-refractivity contribution is -0.400. The third-order valence-corrected chi connectivity index (χ3v) is 1.83. The maximum atomic E-state index is 10.8. The van der Waals surface area contributed by atoms with E-state index in [1.807, 2.05) is 0 Å². The number of rotatable bonds is 3. The summed E-state index contributed by atoms with van der Waals surface area (Å²) < 4.78 is 0. The molecule has 1 aromatic heterocycles. The van der Waals surface area contributed by atoms with Gasteiger partial charge in [0, 0.05) is 24.8 Å². The van der Waals surface area contributed by atoms with Crippen molar-refractivity contribution in [3.63, 3.8) is 0 Å². The SMILES string of the molecule is CC(=O)Nc1ncc(/C=C/[N+](=O)[O-])cc1Cl. The van der Waals surface area contributed by atoms with Crippen LogP contribution in [0.4, 0.5) is 5.82 Å². The molecule has 6 nitrogen and oxygen atoms in total. The van der Waals surface area contributed by atoms with Gasteiger partial charge in [-0.3, -0.25) is 14.9 Å². The third-order valence-electron chi connectivity index (χ3n) is 1.55. The average Bonchev–Trinajstić information content (AvgIpc) is 2.18. The van der Waals surface area contributed by atoms with E-state index in [-0.39, 0.29) is 16.7 Å². The Labute approximate surface area is 96.1 Å². The molecule has 0 aromatic carbocycles. The number of hydrogen-bond donors (Lipinski definition) is 1. The summed E-state index contributed by atoms with van der Waals surface area (Å²) in [6, 6.07) is 1.47. The smallest absolute Gasteiger partial charge is 0.235 e. The molecule has 1 N–H and O–H groups in total. The van der Waals surface area contributed by atoms with Crippen LogP contribution in [0, 0.1) is 10.1 Å². The lowest BCUT2D eigenvalue weighted by Gasteiger charge is -2.03. The molecule has 0 radical (unpaired) electrons. The molecule has 1 rings (SSSR count). The summed E-state index contributed by atoms with van der Waals surface area (Å²) in [5.41, 5.74) is 0.482. The second-order valence-electron chi connectivity index (χ2n) is 2.88. The Balaban J connectivity index is 2.90. The summed E-state index contributed by atoms with van der Waals surface area (Å²) in [7, 11) is 0. The quantitative estimate of drug-likeness (QED) is 0.647. The van der Waals surface area contributed by atoms with Crippen LogP contribution in [0.3, 0.4) is 0 Å². The van der Waals surface area contributed by atoms with E-state index in [1.54, 1.807) is 0 Å². The molecule has 0 fully saturated rings. The number of amides is 1. The van der Waals surface area contributed by atoms with Gasteiger partial charge in [0.2, 0.25) is 12.1 Å². The third kappa shape index (κ3) is 3.66. The van der Waals surface area contributed by atoms with Crippen molar-refractivity contribution in [2.75, 3.05) is 5.32 Å². The zero-order valence-corrected chi connectivity index (χ0v) is 9.06. The predicted octanol–water partition coefficient (Wildman–Crippen LogP) is 1.94. The molecule has 0 unspecified atom stereocenters. The molecule has 1 amide bonds. The van der Waals surface area contributed by atoms with Crippen molar-refractivity contribution < 1.29 is 9.72 Å². The number of carbonyl (C=O) groups is 1. The van der Waals surface area contributed by atoms with E-state index in [4.69, 9.17) is 11.6 Å². The normalized spacial score (nSPS) is 10.4. The molecule has 16 heavy (non-hydrogen) atoms. The Morgan fingerprint density at radius 2 is 2.38 bits per heavy atom. The highest BCUT2D eigenvalue weighted by Crippen LogP contribution is 2.20. The maximum absolute atomic E-state index is 10.8. The second kappa shape index (κ2) is 5.22. The Morgan fingerprint density at radius 3 is 2.88 bits per heavy atom. The molecule has 7 heteroatoms. The number of halogens is 1.